The van der Waals surface area contributed by atoms with Crippen LogP contribution in [0.4, 0.5) is 5.82 Å². The summed E-state index contributed by atoms with van der Waals surface area (Å²) in [7, 11) is 2.17. The molecular weight excluding hydrogens is 256 g/mol. The van der Waals surface area contributed by atoms with Gasteiger partial charge in [-0.3, -0.25) is 0 Å². The summed E-state index contributed by atoms with van der Waals surface area (Å²) in [5.74, 6) is 0.814. The fourth-order valence-electron chi connectivity index (χ4n) is 2.04. The van der Waals surface area contributed by atoms with Crippen LogP contribution in [0.1, 0.15) is 12.8 Å². The highest BCUT2D eigenvalue weighted by molar-refractivity contribution is 7.98. The maximum atomic E-state index is 5.94. The van der Waals surface area contributed by atoms with Gasteiger partial charge in [-0.1, -0.05) is 23.4 Å². The standard InChI is InChI=1S/C11H17ClN4S/c1-16-5-3-4-8(16)7-13-10-6-9(12)14-11(15-10)17-2/h6,8H,3-5,7H2,1-2H3,(H,13,14,15). The minimum atomic E-state index is 0.492. The van der Waals surface area contributed by atoms with Crippen LogP contribution in [0.5, 0.6) is 0 Å². The van der Waals surface area contributed by atoms with Crippen LogP contribution in [0.15, 0.2) is 11.2 Å². The van der Waals surface area contributed by atoms with Gasteiger partial charge in [-0.15, -0.1) is 0 Å². The van der Waals surface area contributed by atoms with Crippen molar-refractivity contribution >= 4 is 29.2 Å². The SMILES string of the molecule is CSc1nc(Cl)cc(NCC2CCCN2C)n1. The molecule has 1 aromatic rings. The van der Waals surface area contributed by atoms with Gasteiger partial charge in [0.15, 0.2) is 5.16 Å². The molecule has 1 fully saturated rings. The summed E-state index contributed by atoms with van der Waals surface area (Å²) < 4.78 is 0. The van der Waals surface area contributed by atoms with Gasteiger partial charge >= 0.3 is 0 Å². The molecule has 0 spiro atoms. The lowest BCUT2D eigenvalue weighted by molar-refractivity contribution is 0.322. The molecule has 94 valence electrons. The third kappa shape index (κ3) is 3.47. The lowest BCUT2D eigenvalue weighted by Gasteiger charge is -2.20. The second-order valence-corrected chi connectivity index (χ2v) is 5.38. The number of halogens is 1. The molecule has 0 radical (unpaired) electrons. The molecular formula is C11H17ClN4S. The fraction of sp³-hybridized carbons (Fsp3) is 0.636. The average molecular weight is 273 g/mol. The quantitative estimate of drug-likeness (QED) is 0.518. The van der Waals surface area contributed by atoms with Crippen molar-refractivity contribution in [3.63, 3.8) is 0 Å². The van der Waals surface area contributed by atoms with Gasteiger partial charge in [0.1, 0.15) is 11.0 Å². The van der Waals surface area contributed by atoms with Crippen LogP contribution in [0.2, 0.25) is 5.15 Å². The molecule has 0 amide bonds. The minimum absolute atomic E-state index is 0.492. The smallest absolute Gasteiger partial charge is 0.190 e. The molecule has 6 heteroatoms. The van der Waals surface area contributed by atoms with Gasteiger partial charge in [-0.2, -0.15) is 0 Å². The minimum Gasteiger partial charge on any atom is -0.368 e. The van der Waals surface area contributed by atoms with E-state index in [1.165, 1.54) is 31.1 Å². The third-order valence-corrected chi connectivity index (χ3v) is 3.79. The molecule has 1 aliphatic heterocycles. The molecule has 0 aromatic carbocycles. The Morgan fingerprint density at radius 2 is 2.41 bits per heavy atom. The van der Waals surface area contributed by atoms with Crippen LogP contribution < -0.4 is 5.32 Å². The first-order valence-electron chi connectivity index (χ1n) is 5.71. The van der Waals surface area contributed by atoms with Gasteiger partial charge in [0.05, 0.1) is 0 Å². The number of thioether (sulfide) groups is 1. The number of hydrogen-bond acceptors (Lipinski definition) is 5. The first-order valence-corrected chi connectivity index (χ1v) is 7.32. The monoisotopic (exact) mass is 272 g/mol. The maximum absolute atomic E-state index is 5.94. The molecule has 2 heterocycles. The van der Waals surface area contributed by atoms with E-state index >= 15 is 0 Å². The van der Waals surface area contributed by atoms with Crippen molar-refractivity contribution in [1.82, 2.24) is 14.9 Å². The number of aromatic nitrogens is 2. The van der Waals surface area contributed by atoms with Gasteiger partial charge < -0.3 is 10.2 Å². The lowest BCUT2D eigenvalue weighted by Crippen LogP contribution is -2.31. The van der Waals surface area contributed by atoms with E-state index in [2.05, 4.69) is 27.2 Å². The summed E-state index contributed by atoms with van der Waals surface area (Å²) in [6.07, 6.45) is 4.47. The lowest BCUT2D eigenvalue weighted by atomic mass is 10.2. The molecule has 0 saturated carbocycles. The Bertz CT molecular complexity index is 388. The van der Waals surface area contributed by atoms with Gasteiger partial charge in [0.25, 0.3) is 0 Å². The molecule has 1 N–H and O–H groups in total. The van der Waals surface area contributed by atoms with E-state index in [9.17, 15) is 0 Å². The van der Waals surface area contributed by atoms with Gasteiger partial charge in [0.2, 0.25) is 0 Å². The van der Waals surface area contributed by atoms with Crippen molar-refractivity contribution < 1.29 is 0 Å². The summed E-state index contributed by atoms with van der Waals surface area (Å²) in [4.78, 5) is 10.9. The zero-order valence-corrected chi connectivity index (χ0v) is 11.7. The molecule has 1 saturated heterocycles. The summed E-state index contributed by atoms with van der Waals surface area (Å²) in [6, 6.07) is 2.37. The van der Waals surface area contributed by atoms with Gasteiger partial charge in [-0.05, 0) is 32.7 Å². The summed E-state index contributed by atoms with van der Waals surface area (Å²) in [5, 5.41) is 4.54. The van der Waals surface area contributed by atoms with E-state index < -0.39 is 0 Å². The van der Waals surface area contributed by atoms with E-state index in [1.54, 1.807) is 6.07 Å². The van der Waals surface area contributed by atoms with E-state index in [1.807, 2.05) is 6.26 Å². The van der Waals surface area contributed by atoms with E-state index in [0.29, 0.717) is 16.4 Å². The Kier molecular flexibility index (Phi) is 4.48. The summed E-state index contributed by atoms with van der Waals surface area (Å²) in [6.45, 7) is 2.10. The van der Waals surface area contributed by atoms with E-state index in [4.69, 9.17) is 11.6 Å². The van der Waals surface area contributed by atoms with Crippen LogP contribution in [-0.2, 0) is 0 Å². The highest BCUT2D eigenvalue weighted by atomic mass is 35.5. The number of nitrogens with one attached hydrogen (secondary N) is 1. The number of likely N-dealkylation sites (tertiary alicyclic amines) is 1. The summed E-state index contributed by atoms with van der Waals surface area (Å²) in [5.41, 5.74) is 0. The van der Waals surface area contributed by atoms with Crippen LogP contribution in [-0.4, -0.2) is 47.3 Å². The highest BCUT2D eigenvalue weighted by Crippen LogP contribution is 2.19. The van der Waals surface area contributed by atoms with Gasteiger partial charge in [-0.25, -0.2) is 9.97 Å². The zero-order valence-electron chi connectivity index (χ0n) is 10.1. The Hall–Kier alpha value is -0.520. The molecule has 17 heavy (non-hydrogen) atoms. The van der Waals surface area contributed by atoms with Crippen molar-refractivity contribution in [2.24, 2.45) is 0 Å². The van der Waals surface area contributed by atoms with E-state index in [0.717, 1.165) is 12.4 Å². The molecule has 0 bridgehead atoms. The topological polar surface area (TPSA) is 41.1 Å². The third-order valence-electron chi connectivity index (χ3n) is 3.05. The molecule has 4 nitrogen and oxygen atoms in total. The fourth-order valence-corrected chi connectivity index (χ4v) is 2.65. The van der Waals surface area contributed by atoms with Crippen molar-refractivity contribution in [2.45, 2.75) is 24.0 Å². The largest absolute Gasteiger partial charge is 0.368 e. The van der Waals surface area contributed by atoms with Crippen molar-refractivity contribution in [1.29, 1.82) is 0 Å². The van der Waals surface area contributed by atoms with Crippen LogP contribution in [0.25, 0.3) is 0 Å². The first-order chi connectivity index (χ1) is 8.19. The Labute approximate surface area is 111 Å². The summed E-state index contributed by atoms with van der Waals surface area (Å²) >= 11 is 7.44. The Balaban J connectivity index is 1.96. The number of nitrogens with zero attached hydrogens (tertiary/aromatic N) is 3. The van der Waals surface area contributed by atoms with Crippen LogP contribution in [0, 0.1) is 0 Å². The van der Waals surface area contributed by atoms with Crippen LogP contribution in [0.3, 0.4) is 0 Å². The molecule has 1 atom stereocenters. The average Bonchev–Trinajstić information content (AvgIpc) is 2.71. The molecule has 1 aliphatic rings. The highest BCUT2D eigenvalue weighted by Gasteiger charge is 2.20. The van der Waals surface area contributed by atoms with E-state index in [-0.39, 0.29) is 0 Å². The van der Waals surface area contributed by atoms with Crippen molar-refractivity contribution in [3.05, 3.63) is 11.2 Å². The molecule has 1 unspecified atom stereocenters. The Morgan fingerprint density at radius 1 is 1.59 bits per heavy atom. The molecule has 1 aromatic heterocycles. The number of hydrogen-bond donors (Lipinski definition) is 1. The normalized spacial score (nSPS) is 20.8. The van der Waals surface area contributed by atoms with Gasteiger partial charge in [0, 0.05) is 18.7 Å². The number of rotatable bonds is 4. The predicted molar refractivity (Wildman–Crippen MR) is 73.0 cm³/mol. The predicted octanol–water partition coefficient (Wildman–Crippen LogP) is 2.36. The number of anilines is 1. The maximum Gasteiger partial charge on any atom is 0.190 e. The van der Waals surface area contributed by atoms with Crippen molar-refractivity contribution in [2.75, 3.05) is 31.7 Å². The zero-order chi connectivity index (χ0) is 12.3. The first kappa shape index (κ1) is 12.9. The Morgan fingerprint density at radius 3 is 3.06 bits per heavy atom. The second-order valence-electron chi connectivity index (χ2n) is 4.22. The molecule has 0 aliphatic carbocycles. The van der Waals surface area contributed by atoms with Crippen molar-refractivity contribution in [3.8, 4) is 0 Å². The number of likely N-dealkylation sites (N-methyl/N-ethyl adjacent to an activating group) is 1. The second kappa shape index (κ2) is 5.89. The van der Waals surface area contributed by atoms with Crippen LogP contribution >= 0.6 is 23.4 Å². The molecule has 2 rings (SSSR count).